The second kappa shape index (κ2) is 6.95. The Morgan fingerprint density at radius 2 is 1.78 bits per heavy atom. The van der Waals surface area contributed by atoms with Crippen molar-refractivity contribution >= 4 is 17.9 Å². The Kier molecular flexibility index (Phi) is 6.32. The van der Waals surface area contributed by atoms with Crippen LogP contribution in [0.3, 0.4) is 0 Å². The largest absolute Gasteiger partial charge is 0.480 e. The van der Waals surface area contributed by atoms with Crippen LogP contribution < -0.4 is 10.6 Å². The number of aliphatic carboxylic acids is 1. The van der Waals surface area contributed by atoms with Crippen LogP contribution in [0, 0.1) is 0 Å². The second-order valence-corrected chi connectivity index (χ2v) is 4.86. The number of carboxylic acid groups (broad SMARTS) is 1. The van der Waals surface area contributed by atoms with Crippen LogP contribution in [-0.2, 0) is 9.59 Å². The Balaban J connectivity index is 4.31. The fraction of sp³-hybridized carbons (Fsp3) is 0.727. The van der Waals surface area contributed by atoms with E-state index in [0.717, 1.165) is 0 Å². The van der Waals surface area contributed by atoms with Gasteiger partial charge in [-0.1, -0.05) is 0 Å². The molecule has 18 heavy (non-hydrogen) atoms. The molecule has 0 fully saturated rings. The summed E-state index contributed by atoms with van der Waals surface area (Å²) in [6, 6.07) is -0.569. The molecular formula is C11H21N3O4. The molecule has 0 heterocycles. The number of rotatable bonds is 5. The van der Waals surface area contributed by atoms with Gasteiger partial charge in [-0.05, 0) is 20.8 Å². The van der Waals surface area contributed by atoms with Crippen LogP contribution in [0.25, 0.3) is 0 Å². The van der Waals surface area contributed by atoms with Gasteiger partial charge in [-0.25, -0.2) is 4.79 Å². The number of imide groups is 1. The molecule has 0 aromatic heterocycles. The van der Waals surface area contributed by atoms with E-state index in [1.54, 1.807) is 4.90 Å². The zero-order valence-electron chi connectivity index (χ0n) is 11.2. The molecule has 0 radical (unpaired) electrons. The van der Waals surface area contributed by atoms with Crippen molar-refractivity contribution in [2.24, 2.45) is 0 Å². The lowest BCUT2D eigenvalue weighted by atomic mass is 10.1. The van der Waals surface area contributed by atoms with E-state index in [-0.39, 0.29) is 25.0 Å². The molecular weight excluding hydrogens is 238 g/mol. The molecule has 0 unspecified atom stereocenters. The summed E-state index contributed by atoms with van der Waals surface area (Å²) in [5, 5.41) is 13.2. The highest BCUT2D eigenvalue weighted by Crippen LogP contribution is 2.13. The quantitative estimate of drug-likeness (QED) is 0.646. The maximum absolute atomic E-state index is 11.4. The van der Waals surface area contributed by atoms with E-state index < -0.39 is 17.9 Å². The van der Waals surface area contributed by atoms with Gasteiger partial charge in [-0.15, -0.1) is 0 Å². The monoisotopic (exact) mass is 259 g/mol. The molecule has 3 N–H and O–H groups in total. The Morgan fingerprint density at radius 3 is 2.17 bits per heavy atom. The summed E-state index contributed by atoms with van der Waals surface area (Å²) >= 11 is 0. The second-order valence-electron chi connectivity index (χ2n) is 4.86. The average Bonchev–Trinajstić information content (AvgIpc) is 2.21. The lowest BCUT2D eigenvalue weighted by molar-refractivity contribution is -0.140. The van der Waals surface area contributed by atoms with Gasteiger partial charge in [-0.3, -0.25) is 19.8 Å². The van der Waals surface area contributed by atoms with Gasteiger partial charge < -0.3 is 10.4 Å². The molecule has 7 nitrogen and oxygen atoms in total. The van der Waals surface area contributed by atoms with E-state index in [1.165, 1.54) is 7.05 Å². The first-order valence-corrected chi connectivity index (χ1v) is 5.65. The topological polar surface area (TPSA) is 98.7 Å². The van der Waals surface area contributed by atoms with E-state index >= 15 is 0 Å². The third-order valence-corrected chi connectivity index (χ3v) is 2.36. The smallest absolute Gasteiger partial charge is 0.321 e. The van der Waals surface area contributed by atoms with E-state index in [0.29, 0.717) is 0 Å². The third kappa shape index (κ3) is 6.85. The fourth-order valence-corrected chi connectivity index (χ4v) is 1.30. The average molecular weight is 259 g/mol. The Morgan fingerprint density at radius 1 is 1.22 bits per heavy atom. The minimum atomic E-state index is -0.948. The van der Waals surface area contributed by atoms with Gasteiger partial charge in [0, 0.05) is 25.6 Å². The van der Waals surface area contributed by atoms with E-state index in [9.17, 15) is 14.4 Å². The van der Waals surface area contributed by atoms with Gasteiger partial charge >= 0.3 is 12.0 Å². The van der Waals surface area contributed by atoms with Crippen LogP contribution >= 0.6 is 0 Å². The van der Waals surface area contributed by atoms with Crippen molar-refractivity contribution in [3.63, 3.8) is 0 Å². The summed E-state index contributed by atoms with van der Waals surface area (Å²) in [4.78, 5) is 34.7. The molecule has 0 rings (SSSR count). The van der Waals surface area contributed by atoms with Crippen LogP contribution in [0.1, 0.15) is 27.2 Å². The van der Waals surface area contributed by atoms with Crippen molar-refractivity contribution in [3.05, 3.63) is 0 Å². The lowest BCUT2D eigenvalue weighted by Crippen LogP contribution is -2.46. The first-order valence-electron chi connectivity index (χ1n) is 5.65. The SMILES string of the molecule is CNC(=O)NC(=O)CCN(CC(=O)O)C(C)(C)C. The lowest BCUT2D eigenvalue weighted by Gasteiger charge is -2.34. The normalized spacial score (nSPS) is 11.2. The van der Waals surface area contributed by atoms with Crippen molar-refractivity contribution in [2.45, 2.75) is 32.7 Å². The predicted octanol–water partition coefficient (Wildman–Crippen LogP) is 0.0172. The van der Waals surface area contributed by atoms with Crippen molar-refractivity contribution in [1.29, 1.82) is 0 Å². The molecule has 0 saturated heterocycles. The number of carbonyl (C=O) groups is 3. The summed E-state index contributed by atoms with van der Waals surface area (Å²) < 4.78 is 0. The molecule has 104 valence electrons. The van der Waals surface area contributed by atoms with Crippen molar-refractivity contribution in [3.8, 4) is 0 Å². The molecule has 0 spiro atoms. The number of nitrogens with zero attached hydrogens (tertiary/aromatic N) is 1. The minimum absolute atomic E-state index is 0.0674. The van der Waals surface area contributed by atoms with Crippen molar-refractivity contribution in [2.75, 3.05) is 20.1 Å². The summed E-state index contributed by atoms with van der Waals surface area (Å²) in [6.45, 7) is 5.74. The highest BCUT2D eigenvalue weighted by atomic mass is 16.4. The van der Waals surface area contributed by atoms with E-state index in [4.69, 9.17) is 5.11 Å². The molecule has 0 atom stereocenters. The van der Waals surface area contributed by atoms with E-state index in [2.05, 4.69) is 10.6 Å². The molecule has 0 saturated carbocycles. The molecule has 3 amide bonds. The fourth-order valence-electron chi connectivity index (χ4n) is 1.30. The van der Waals surface area contributed by atoms with Gasteiger partial charge in [-0.2, -0.15) is 0 Å². The number of hydrogen-bond donors (Lipinski definition) is 3. The molecule has 0 aliphatic carbocycles. The number of carboxylic acids is 1. The predicted molar refractivity (Wildman–Crippen MR) is 66.2 cm³/mol. The zero-order valence-corrected chi connectivity index (χ0v) is 11.2. The van der Waals surface area contributed by atoms with Crippen LogP contribution in [0.2, 0.25) is 0 Å². The molecule has 0 aliphatic rings. The zero-order chi connectivity index (χ0) is 14.3. The van der Waals surface area contributed by atoms with Crippen LogP contribution in [-0.4, -0.2) is 53.6 Å². The first-order chi connectivity index (χ1) is 8.16. The number of urea groups is 1. The first kappa shape index (κ1) is 16.4. The van der Waals surface area contributed by atoms with E-state index in [1.807, 2.05) is 20.8 Å². The van der Waals surface area contributed by atoms with Gasteiger partial charge in [0.05, 0.1) is 6.54 Å². The Bertz CT molecular complexity index is 323. The Hall–Kier alpha value is -1.63. The van der Waals surface area contributed by atoms with Crippen LogP contribution in [0.15, 0.2) is 0 Å². The molecule has 0 aromatic carbocycles. The summed E-state index contributed by atoms with van der Waals surface area (Å²) in [5.74, 6) is -1.38. The highest BCUT2D eigenvalue weighted by molar-refractivity contribution is 5.94. The van der Waals surface area contributed by atoms with Gasteiger partial charge in [0.15, 0.2) is 0 Å². The maximum Gasteiger partial charge on any atom is 0.321 e. The minimum Gasteiger partial charge on any atom is -0.480 e. The highest BCUT2D eigenvalue weighted by Gasteiger charge is 2.24. The summed E-state index contributed by atoms with van der Waals surface area (Å²) in [6.07, 6.45) is 0.0674. The molecule has 0 aliphatic heterocycles. The molecule has 0 aromatic rings. The van der Waals surface area contributed by atoms with Gasteiger partial charge in [0.1, 0.15) is 0 Å². The number of carbonyl (C=O) groups excluding carboxylic acids is 2. The van der Waals surface area contributed by atoms with Crippen LogP contribution in [0.4, 0.5) is 4.79 Å². The number of hydrogen-bond acceptors (Lipinski definition) is 4. The molecule has 7 heteroatoms. The summed E-state index contributed by atoms with van der Waals surface area (Å²) in [7, 11) is 1.41. The van der Waals surface area contributed by atoms with Crippen molar-refractivity contribution in [1.82, 2.24) is 15.5 Å². The van der Waals surface area contributed by atoms with Gasteiger partial charge in [0.2, 0.25) is 5.91 Å². The Labute approximate surface area is 107 Å². The number of amides is 3. The summed E-state index contributed by atoms with van der Waals surface area (Å²) in [5.41, 5.74) is -0.355. The maximum atomic E-state index is 11.4. The molecule has 0 bridgehead atoms. The standard InChI is InChI=1S/C11H21N3O4/c1-11(2,3)14(7-9(16)17)6-5-8(15)13-10(18)12-4/h5-7H2,1-4H3,(H,16,17)(H2,12,13,15,18). The van der Waals surface area contributed by atoms with Crippen molar-refractivity contribution < 1.29 is 19.5 Å². The van der Waals surface area contributed by atoms with Gasteiger partial charge in [0.25, 0.3) is 0 Å². The third-order valence-electron chi connectivity index (χ3n) is 2.36. The van der Waals surface area contributed by atoms with Crippen LogP contribution in [0.5, 0.6) is 0 Å². The number of nitrogens with one attached hydrogen (secondary N) is 2.